The standard InChI is InChI=1S/C20H31N3O4S/c1-15-5-10-23(14-17-3-2-8-21-13-17)20(25)18(15)19(24)22-9-4-16-6-11-28(26,27)12-7-16/h5,10,16-17,21H,2-4,6-9,11-14H2,1H3,(H,22,24). The Labute approximate surface area is 166 Å². The molecule has 2 fully saturated rings. The highest BCUT2D eigenvalue weighted by Crippen LogP contribution is 2.21. The summed E-state index contributed by atoms with van der Waals surface area (Å²) >= 11 is 0. The van der Waals surface area contributed by atoms with Gasteiger partial charge in [0.25, 0.3) is 11.5 Å². The molecule has 1 unspecified atom stereocenters. The van der Waals surface area contributed by atoms with Crippen LogP contribution in [0.4, 0.5) is 0 Å². The van der Waals surface area contributed by atoms with Gasteiger partial charge in [0.15, 0.2) is 0 Å². The van der Waals surface area contributed by atoms with Gasteiger partial charge in [-0.2, -0.15) is 0 Å². The third kappa shape index (κ3) is 5.44. The maximum atomic E-state index is 12.9. The molecule has 0 bridgehead atoms. The normalized spacial score (nSPS) is 22.7. The summed E-state index contributed by atoms with van der Waals surface area (Å²) in [5, 5.41) is 6.22. The number of aromatic nitrogens is 1. The summed E-state index contributed by atoms with van der Waals surface area (Å²) in [7, 11) is -2.86. The van der Waals surface area contributed by atoms with Crippen LogP contribution in [0.1, 0.15) is 48.0 Å². The molecule has 2 aliphatic rings. The van der Waals surface area contributed by atoms with Crippen LogP contribution in [0.25, 0.3) is 0 Å². The Kier molecular flexibility index (Phi) is 6.93. The zero-order valence-electron chi connectivity index (χ0n) is 16.6. The maximum absolute atomic E-state index is 12.9. The molecule has 2 aliphatic heterocycles. The first-order valence-electron chi connectivity index (χ1n) is 10.2. The largest absolute Gasteiger partial charge is 0.352 e. The van der Waals surface area contributed by atoms with Crippen LogP contribution in [0.3, 0.4) is 0 Å². The number of rotatable bonds is 6. The lowest BCUT2D eigenvalue weighted by Crippen LogP contribution is -2.38. The number of hydrogen-bond donors (Lipinski definition) is 2. The molecule has 156 valence electrons. The Hall–Kier alpha value is -1.67. The van der Waals surface area contributed by atoms with E-state index < -0.39 is 9.84 Å². The van der Waals surface area contributed by atoms with E-state index in [0.717, 1.165) is 32.4 Å². The minimum absolute atomic E-state index is 0.220. The van der Waals surface area contributed by atoms with E-state index in [9.17, 15) is 18.0 Å². The molecule has 0 spiro atoms. The van der Waals surface area contributed by atoms with Crippen LogP contribution in [0.5, 0.6) is 0 Å². The van der Waals surface area contributed by atoms with Gasteiger partial charge >= 0.3 is 0 Å². The monoisotopic (exact) mass is 409 g/mol. The number of aryl methyl sites for hydroxylation is 1. The second-order valence-corrected chi connectivity index (χ2v) is 10.5. The molecule has 0 radical (unpaired) electrons. The van der Waals surface area contributed by atoms with Gasteiger partial charge in [-0.3, -0.25) is 9.59 Å². The van der Waals surface area contributed by atoms with Crippen molar-refractivity contribution in [3.8, 4) is 0 Å². The Morgan fingerprint density at radius 3 is 2.68 bits per heavy atom. The first-order valence-corrected chi connectivity index (χ1v) is 12.1. The molecule has 2 saturated heterocycles. The summed E-state index contributed by atoms with van der Waals surface area (Å²) in [6, 6.07) is 1.83. The van der Waals surface area contributed by atoms with Crippen molar-refractivity contribution < 1.29 is 13.2 Å². The van der Waals surface area contributed by atoms with Gasteiger partial charge in [-0.25, -0.2) is 8.42 Å². The Morgan fingerprint density at radius 2 is 2.00 bits per heavy atom. The molecule has 7 nitrogen and oxygen atoms in total. The van der Waals surface area contributed by atoms with Crippen LogP contribution in [0, 0.1) is 18.8 Å². The van der Waals surface area contributed by atoms with E-state index in [1.54, 1.807) is 17.7 Å². The second-order valence-electron chi connectivity index (χ2n) is 8.18. The van der Waals surface area contributed by atoms with Crippen molar-refractivity contribution in [2.45, 2.75) is 45.6 Å². The van der Waals surface area contributed by atoms with Gasteiger partial charge in [0.2, 0.25) is 0 Å². The molecule has 28 heavy (non-hydrogen) atoms. The summed E-state index contributed by atoms with van der Waals surface area (Å²) in [6.45, 7) is 4.81. The smallest absolute Gasteiger partial charge is 0.263 e. The number of piperidine rings is 1. The predicted octanol–water partition coefficient (Wildman–Crippen LogP) is 1.10. The quantitative estimate of drug-likeness (QED) is 0.733. The van der Waals surface area contributed by atoms with Gasteiger partial charge < -0.3 is 15.2 Å². The number of nitrogens with zero attached hydrogens (tertiary/aromatic N) is 1. The average molecular weight is 410 g/mol. The van der Waals surface area contributed by atoms with E-state index in [-0.39, 0.29) is 28.5 Å². The molecule has 8 heteroatoms. The van der Waals surface area contributed by atoms with Gasteiger partial charge in [-0.1, -0.05) is 0 Å². The fourth-order valence-electron chi connectivity index (χ4n) is 4.15. The van der Waals surface area contributed by atoms with E-state index in [0.29, 0.717) is 43.3 Å². The minimum atomic E-state index is -2.86. The lowest BCUT2D eigenvalue weighted by Gasteiger charge is -2.24. The predicted molar refractivity (Wildman–Crippen MR) is 109 cm³/mol. The zero-order chi connectivity index (χ0) is 20.1. The lowest BCUT2D eigenvalue weighted by molar-refractivity contribution is 0.0948. The number of pyridine rings is 1. The van der Waals surface area contributed by atoms with Gasteiger partial charge in [0.05, 0.1) is 11.5 Å². The molecular formula is C20H31N3O4S. The van der Waals surface area contributed by atoms with Gasteiger partial charge in [-0.05, 0) is 75.6 Å². The number of nitrogens with one attached hydrogen (secondary N) is 2. The third-order valence-corrected chi connectivity index (χ3v) is 7.68. The minimum Gasteiger partial charge on any atom is -0.352 e. The number of sulfone groups is 1. The molecule has 1 amide bonds. The first-order chi connectivity index (χ1) is 13.4. The fraction of sp³-hybridized carbons (Fsp3) is 0.700. The summed E-state index contributed by atoms with van der Waals surface area (Å²) in [4.78, 5) is 25.5. The molecule has 1 aromatic rings. The first kappa shape index (κ1) is 21.0. The van der Waals surface area contributed by atoms with E-state index >= 15 is 0 Å². The highest BCUT2D eigenvalue weighted by Gasteiger charge is 2.24. The molecular weight excluding hydrogens is 378 g/mol. The van der Waals surface area contributed by atoms with Crippen molar-refractivity contribution >= 4 is 15.7 Å². The fourth-order valence-corrected chi connectivity index (χ4v) is 5.74. The topological polar surface area (TPSA) is 97.3 Å². The van der Waals surface area contributed by atoms with Crippen molar-refractivity contribution in [2.75, 3.05) is 31.1 Å². The number of amides is 1. The van der Waals surface area contributed by atoms with E-state index in [2.05, 4.69) is 10.6 Å². The second kappa shape index (κ2) is 9.22. The molecule has 1 atom stereocenters. The summed E-state index contributed by atoms with van der Waals surface area (Å²) in [5.41, 5.74) is 0.675. The van der Waals surface area contributed by atoms with Crippen molar-refractivity contribution in [1.82, 2.24) is 15.2 Å². The summed E-state index contributed by atoms with van der Waals surface area (Å²) < 4.78 is 24.7. The molecule has 0 saturated carbocycles. The van der Waals surface area contributed by atoms with Gasteiger partial charge in [0.1, 0.15) is 15.4 Å². The van der Waals surface area contributed by atoms with Crippen LogP contribution in [-0.2, 0) is 16.4 Å². The van der Waals surface area contributed by atoms with Gasteiger partial charge in [0, 0.05) is 19.3 Å². The van der Waals surface area contributed by atoms with Crippen molar-refractivity contribution in [2.24, 2.45) is 11.8 Å². The van der Waals surface area contributed by atoms with Crippen LogP contribution in [0.2, 0.25) is 0 Å². The van der Waals surface area contributed by atoms with Crippen molar-refractivity contribution in [3.05, 3.63) is 33.7 Å². The highest BCUT2D eigenvalue weighted by molar-refractivity contribution is 7.91. The van der Waals surface area contributed by atoms with Crippen LogP contribution < -0.4 is 16.2 Å². The molecule has 0 aromatic carbocycles. The van der Waals surface area contributed by atoms with E-state index in [1.165, 1.54) is 0 Å². The van der Waals surface area contributed by atoms with Crippen LogP contribution >= 0.6 is 0 Å². The molecule has 0 aliphatic carbocycles. The molecule has 3 rings (SSSR count). The lowest BCUT2D eigenvalue weighted by atomic mass is 9.99. The van der Waals surface area contributed by atoms with E-state index in [1.807, 2.05) is 6.07 Å². The van der Waals surface area contributed by atoms with Crippen LogP contribution in [0.15, 0.2) is 17.1 Å². The molecule has 2 N–H and O–H groups in total. The average Bonchev–Trinajstić information content (AvgIpc) is 2.66. The van der Waals surface area contributed by atoms with Crippen molar-refractivity contribution in [3.63, 3.8) is 0 Å². The van der Waals surface area contributed by atoms with Gasteiger partial charge in [-0.15, -0.1) is 0 Å². The molecule has 1 aromatic heterocycles. The number of carbonyl (C=O) groups is 1. The molecule has 3 heterocycles. The number of carbonyl (C=O) groups excluding carboxylic acids is 1. The highest BCUT2D eigenvalue weighted by atomic mass is 32.2. The Morgan fingerprint density at radius 1 is 1.25 bits per heavy atom. The Balaban J connectivity index is 1.58. The van der Waals surface area contributed by atoms with Crippen molar-refractivity contribution in [1.29, 1.82) is 0 Å². The zero-order valence-corrected chi connectivity index (χ0v) is 17.4. The van der Waals surface area contributed by atoms with E-state index in [4.69, 9.17) is 0 Å². The third-order valence-electron chi connectivity index (χ3n) is 5.97. The maximum Gasteiger partial charge on any atom is 0.263 e. The SMILES string of the molecule is Cc1ccn(CC2CCCNC2)c(=O)c1C(=O)NCCC1CCS(=O)(=O)CC1. The summed E-state index contributed by atoms with van der Waals surface area (Å²) in [5.74, 6) is 0.875. The summed E-state index contributed by atoms with van der Waals surface area (Å²) in [6.07, 6.45) is 6.04. The Bertz CT molecular complexity index is 843. The number of hydrogen-bond acceptors (Lipinski definition) is 5. The van der Waals surface area contributed by atoms with Crippen LogP contribution in [-0.4, -0.2) is 50.0 Å².